The topological polar surface area (TPSA) is 160 Å². The van der Waals surface area contributed by atoms with Crippen molar-refractivity contribution in [3.8, 4) is 23.0 Å². The van der Waals surface area contributed by atoms with Gasteiger partial charge in [0.15, 0.2) is 48.2 Å². The summed E-state index contributed by atoms with van der Waals surface area (Å²) in [7, 11) is 6.18. The van der Waals surface area contributed by atoms with Gasteiger partial charge >= 0.3 is 0 Å². The van der Waals surface area contributed by atoms with Crippen LogP contribution in [0.25, 0.3) is 12.2 Å². The zero-order valence-electron chi connectivity index (χ0n) is 25.9. The third-order valence-corrected chi connectivity index (χ3v) is 6.34. The van der Waals surface area contributed by atoms with E-state index in [1.165, 1.54) is 26.4 Å². The van der Waals surface area contributed by atoms with Crippen molar-refractivity contribution >= 4 is 23.7 Å². The highest BCUT2D eigenvalue weighted by Crippen LogP contribution is 2.30. The molecular weight excluding hydrogens is 572 g/mol. The Balaban J connectivity index is 2.14. The van der Waals surface area contributed by atoms with Gasteiger partial charge in [0.25, 0.3) is 0 Å². The number of ether oxygens (including phenoxy) is 8. The first-order chi connectivity index (χ1) is 21.3. The Bertz CT molecular complexity index is 1140. The van der Waals surface area contributed by atoms with E-state index in [0.717, 1.165) is 0 Å². The predicted octanol–water partition coefficient (Wildman–Crippen LogP) is 3.00. The maximum Gasteiger partial charge on any atom is 0.189 e. The zero-order valence-corrected chi connectivity index (χ0v) is 25.9. The van der Waals surface area contributed by atoms with Crippen molar-refractivity contribution in [3.05, 3.63) is 59.7 Å². The quantitative estimate of drug-likeness (QED) is 0.0814. The van der Waals surface area contributed by atoms with Gasteiger partial charge in [-0.2, -0.15) is 0 Å². The minimum Gasteiger partial charge on any atom is -0.493 e. The molecule has 12 heteroatoms. The van der Waals surface area contributed by atoms with Crippen LogP contribution >= 0.6 is 0 Å². The Morgan fingerprint density at radius 2 is 1.16 bits per heavy atom. The Morgan fingerprint density at radius 3 is 1.55 bits per heavy atom. The van der Waals surface area contributed by atoms with Crippen LogP contribution in [-0.2, 0) is 28.5 Å². The van der Waals surface area contributed by atoms with Crippen LogP contribution in [0.2, 0.25) is 0 Å². The summed E-state index contributed by atoms with van der Waals surface area (Å²) in [6, 6.07) is 10.3. The van der Waals surface area contributed by atoms with Gasteiger partial charge in [-0.3, -0.25) is 9.59 Å². The Hall–Kier alpha value is -3.78. The second kappa shape index (κ2) is 20.2. The molecule has 0 saturated carbocycles. The molecule has 0 aliphatic rings. The molecule has 242 valence electrons. The monoisotopic (exact) mass is 616 g/mol. The summed E-state index contributed by atoms with van der Waals surface area (Å²) in [5.41, 5.74) is 11.6. The van der Waals surface area contributed by atoms with E-state index in [9.17, 15) is 9.59 Å². The molecule has 0 bridgehead atoms. The summed E-state index contributed by atoms with van der Waals surface area (Å²) < 4.78 is 42.5. The number of nitrogens with two attached hydrogens (primary N) is 2. The van der Waals surface area contributed by atoms with Gasteiger partial charge in [-0.1, -0.05) is 24.3 Å². The Morgan fingerprint density at radius 1 is 0.705 bits per heavy atom. The lowest BCUT2D eigenvalue weighted by atomic mass is 9.84. The van der Waals surface area contributed by atoms with E-state index in [0.29, 0.717) is 67.0 Å². The van der Waals surface area contributed by atoms with Gasteiger partial charge in [0.05, 0.1) is 40.6 Å². The van der Waals surface area contributed by atoms with Gasteiger partial charge in [0, 0.05) is 14.2 Å². The molecule has 0 aliphatic heterocycles. The van der Waals surface area contributed by atoms with E-state index < -0.39 is 17.1 Å². The first-order valence-corrected chi connectivity index (χ1v) is 14.0. The molecule has 4 N–H and O–H groups in total. The number of hydrogen-bond donors (Lipinski definition) is 2. The number of hydrogen-bond acceptors (Lipinski definition) is 12. The fourth-order valence-corrected chi connectivity index (χ4v) is 3.82. The minimum atomic E-state index is -1.80. The highest BCUT2D eigenvalue weighted by molar-refractivity contribution is 6.21. The molecule has 0 heterocycles. The third-order valence-electron chi connectivity index (χ3n) is 6.34. The first kappa shape index (κ1) is 36.4. The van der Waals surface area contributed by atoms with Gasteiger partial charge in [-0.15, -0.1) is 0 Å². The van der Waals surface area contributed by atoms with Gasteiger partial charge in [0.1, 0.15) is 5.54 Å². The summed E-state index contributed by atoms with van der Waals surface area (Å²) >= 11 is 0. The third kappa shape index (κ3) is 11.7. The van der Waals surface area contributed by atoms with E-state index in [1.54, 1.807) is 62.8 Å². The van der Waals surface area contributed by atoms with Crippen LogP contribution < -0.4 is 30.4 Å². The van der Waals surface area contributed by atoms with Crippen molar-refractivity contribution in [1.82, 2.24) is 0 Å². The van der Waals surface area contributed by atoms with Crippen molar-refractivity contribution in [2.24, 2.45) is 11.5 Å². The molecule has 0 amide bonds. The molecule has 2 aromatic carbocycles. The van der Waals surface area contributed by atoms with Crippen molar-refractivity contribution < 1.29 is 47.5 Å². The highest BCUT2D eigenvalue weighted by atomic mass is 16.7. The molecule has 44 heavy (non-hydrogen) atoms. The smallest absolute Gasteiger partial charge is 0.189 e. The number of carbonyl (C=O) groups excluding carboxylic acids is 2. The first-order valence-electron chi connectivity index (χ1n) is 14.0. The van der Waals surface area contributed by atoms with Crippen LogP contribution in [0.3, 0.4) is 0 Å². The number of rotatable bonds is 23. The molecule has 0 saturated heterocycles. The average molecular weight is 617 g/mol. The maximum absolute atomic E-state index is 13.3. The van der Waals surface area contributed by atoms with Crippen LogP contribution in [-0.4, -0.2) is 92.1 Å². The summed E-state index contributed by atoms with van der Waals surface area (Å²) in [5.74, 6) is 0.721. The van der Waals surface area contributed by atoms with Crippen LogP contribution in [0, 0.1) is 0 Å². The summed E-state index contributed by atoms with van der Waals surface area (Å²) in [4.78, 5) is 26.6. The maximum atomic E-state index is 13.3. The minimum absolute atomic E-state index is 0.0227. The lowest BCUT2D eigenvalue weighted by molar-refractivity contribution is -0.129. The number of benzene rings is 2. The van der Waals surface area contributed by atoms with Gasteiger partial charge in [-0.05, 0) is 66.9 Å². The molecule has 0 fully saturated rings. The molecule has 0 aromatic heterocycles. The van der Waals surface area contributed by atoms with Crippen molar-refractivity contribution in [1.29, 1.82) is 0 Å². The standard InChI is InChI=1S/C32H44N2O10/c1-37-16-18-41-22-43-26-10-6-24(20-28(26)39-3)8-12-30(35)32(34,14-5-15-33)31(36)13-9-25-7-11-27(29(21-25)40-4)44-23-42-19-17-38-2/h6-13,20-21H,5,14-19,22-23,33-34H2,1-4H3. The zero-order chi connectivity index (χ0) is 32.2. The van der Waals surface area contributed by atoms with E-state index >= 15 is 0 Å². The second-order valence-corrected chi connectivity index (χ2v) is 9.41. The number of ketones is 2. The fourth-order valence-electron chi connectivity index (χ4n) is 3.82. The SMILES string of the molecule is COCCOCOc1ccc(C=CC(=O)C(N)(CCCN)C(=O)C=Cc2ccc(OCOCCOC)c(OC)c2)cc1OC. The molecular formula is C32H44N2O10. The predicted molar refractivity (Wildman–Crippen MR) is 166 cm³/mol. The van der Waals surface area contributed by atoms with E-state index in [1.807, 2.05) is 0 Å². The summed E-state index contributed by atoms with van der Waals surface area (Å²) in [6.07, 6.45) is 6.16. The lowest BCUT2D eigenvalue weighted by Crippen LogP contribution is -2.53. The molecule has 2 rings (SSSR count). The molecule has 0 spiro atoms. The number of methoxy groups -OCH3 is 4. The van der Waals surface area contributed by atoms with E-state index in [4.69, 9.17) is 49.4 Å². The van der Waals surface area contributed by atoms with Crippen molar-refractivity contribution in [2.75, 3.05) is 75.0 Å². The van der Waals surface area contributed by atoms with Gasteiger partial charge < -0.3 is 49.4 Å². The van der Waals surface area contributed by atoms with Gasteiger partial charge in [0.2, 0.25) is 0 Å². The van der Waals surface area contributed by atoms with Crippen molar-refractivity contribution in [2.45, 2.75) is 18.4 Å². The molecule has 2 aromatic rings. The summed E-state index contributed by atoms with van der Waals surface area (Å²) in [5, 5.41) is 0. The van der Waals surface area contributed by atoms with Gasteiger partial charge in [-0.25, -0.2) is 0 Å². The van der Waals surface area contributed by atoms with Crippen LogP contribution in [0.15, 0.2) is 48.6 Å². The van der Waals surface area contributed by atoms with Crippen LogP contribution in [0.4, 0.5) is 0 Å². The van der Waals surface area contributed by atoms with Crippen LogP contribution in [0.1, 0.15) is 24.0 Å². The van der Waals surface area contributed by atoms with E-state index in [2.05, 4.69) is 0 Å². The second-order valence-electron chi connectivity index (χ2n) is 9.41. The lowest BCUT2D eigenvalue weighted by Gasteiger charge is -2.23. The number of carbonyl (C=O) groups is 2. The van der Waals surface area contributed by atoms with Crippen molar-refractivity contribution in [3.63, 3.8) is 0 Å². The summed E-state index contributed by atoms with van der Waals surface area (Å²) in [6.45, 7) is 2.00. The highest BCUT2D eigenvalue weighted by Gasteiger charge is 2.38. The van der Waals surface area contributed by atoms with E-state index in [-0.39, 0.29) is 26.6 Å². The Labute approximate surface area is 258 Å². The molecule has 12 nitrogen and oxygen atoms in total. The van der Waals surface area contributed by atoms with Crippen LogP contribution in [0.5, 0.6) is 23.0 Å². The molecule has 0 aliphatic carbocycles. The molecule has 0 atom stereocenters. The normalized spacial score (nSPS) is 12.8. The largest absolute Gasteiger partial charge is 0.493 e. The molecule has 0 unspecified atom stereocenters. The fraction of sp³-hybridized carbons (Fsp3) is 0.438. The average Bonchev–Trinajstić information content (AvgIpc) is 3.05. The Kier molecular flexibility index (Phi) is 16.7. The molecule has 0 radical (unpaired) electrons.